The van der Waals surface area contributed by atoms with Crippen LogP contribution in [0.2, 0.25) is 0 Å². The Morgan fingerprint density at radius 3 is 2.74 bits per heavy atom. The molecule has 5 nitrogen and oxygen atoms in total. The molecule has 0 aliphatic heterocycles. The van der Waals surface area contributed by atoms with Gasteiger partial charge >= 0.3 is 5.97 Å². The summed E-state index contributed by atoms with van der Waals surface area (Å²) in [6.07, 6.45) is 3.01. The average Bonchev–Trinajstić information content (AvgIpc) is 2.55. The highest BCUT2D eigenvalue weighted by Gasteiger charge is 2.18. The monoisotopic (exact) mass is 313 g/mol. The van der Waals surface area contributed by atoms with Crippen molar-refractivity contribution in [1.29, 1.82) is 0 Å². The maximum atomic E-state index is 11.7. The second-order valence-electron chi connectivity index (χ2n) is 5.25. The van der Waals surface area contributed by atoms with Gasteiger partial charge < -0.3 is 4.74 Å². The zero-order valence-corrected chi connectivity index (χ0v) is 13.1. The van der Waals surface area contributed by atoms with E-state index in [1.807, 2.05) is 24.3 Å². The van der Waals surface area contributed by atoms with Crippen molar-refractivity contribution in [2.45, 2.75) is 32.6 Å². The molecule has 2 rings (SSSR count). The van der Waals surface area contributed by atoms with E-state index in [0.717, 1.165) is 16.5 Å². The van der Waals surface area contributed by atoms with Gasteiger partial charge in [0.2, 0.25) is 5.78 Å². The van der Waals surface area contributed by atoms with E-state index in [1.165, 1.54) is 0 Å². The fourth-order valence-corrected chi connectivity index (χ4v) is 2.29. The van der Waals surface area contributed by atoms with Gasteiger partial charge in [0.25, 0.3) is 0 Å². The van der Waals surface area contributed by atoms with Crippen LogP contribution in [0.5, 0.6) is 0 Å². The first kappa shape index (κ1) is 16.8. The first-order chi connectivity index (χ1) is 11.1. The standard InChI is InChI=1S/C18H19NO4/c1-2-23-18(22)17(21)11-15(20)8-5-6-13-10-14-7-3-4-9-16(14)19-12-13/h3-4,7,9-10,12H,2,5-6,8,11H2,1H3. The number of benzene rings is 1. The Kier molecular flexibility index (Phi) is 5.97. The minimum atomic E-state index is -0.931. The van der Waals surface area contributed by atoms with Crippen LogP contribution in [0.25, 0.3) is 10.9 Å². The Morgan fingerprint density at radius 1 is 1.17 bits per heavy atom. The van der Waals surface area contributed by atoms with E-state index in [1.54, 1.807) is 13.1 Å². The molecule has 0 amide bonds. The van der Waals surface area contributed by atoms with E-state index in [-0.39, 0.29) is 25.2 Å². The normalized spacial score (nSPS) is 10.5. The number of pyridine rings is 1. The molecule has 120 valence electrons. The fraction of sp³-hybridized carbons (Fsp3) is 0.333. The fourth-order valence-electron chi connectivity index (χ4n) is 2.29. The molecule has 0 saturated carbocycles. The molecule has 0 spiro atoms. The van der Waals surface area contributed by atoms with Gasteiger partial charge in [0.05, 0.1) is 18.5 Å². The predicted molar refractivity (Wildman–Crippen MR) is 85.9 cm³/mol. The van der Waals surface area contributed by atoms with E-state index in [4.69, 9.17) is 0 Å². The summed E-state index contributed by atoms with van der Waals surface area (Å²) in [4.78, 5) is 38.7. The molecule has 0 atom stereocenters. The molecule has 0 radical (unpaired) electrons. The van der Waals surface area contributed by atoms with E-state index < -0.39 is 11.8 Å². The number of hydrogen-bond acceptors (Lipinski definition) is 5. The molecule has 2 aromatic rings. The Balaban J connectivity index is 1.80. The second-order valence-corrected chi connectivity index (χ2v) is 5.25. The number of para-hydroxylation sites is 1. The zero-order chi connectivity index (χ0) is 16.7. The number of fused-ring (bicyclic) bond motifs is 1. The van der Waals surface area contributed by atoms with Crippen LogP contribution in [0.15, 0.2) is 36.5 Å². The summed E-state index contributed by atoms with van der Waals surface area (Å²) in [5.41, 5.74) is 1.99. The van der Waals surface area contributed by atoms with Crippen molar-refractivity contribution in [3.8, 4) is 0 Å². The number of rotatable bonds is 8. The van der Waals surface area contributed by atoms with E-state index in [0.29, 0.717) is 12.8 Å². The number of carbonyl (C=O) groups excluding carboxylic acids is 3. The number of ether oxygens (including phenoxy) is 1. The summed E-state index contributed by atoms with van der Waals surface area (Å²) in [7, 11) is 0. The smallest absolute Gasteiger partial charge is 0.375 e. The predicted octanol–water partition coefficient (Wildman–Crippen LogP) is 2.65. The average molecular weight is 313 g/mol. The van der Waals surface area contributed by atoms with Crippen molar-refractivity contribution in [3.63, 3.8) is 0 Å². The van der Waals surface area contributed by atoms with Crippen LogP contribution >= 0.6 is 0 Å². The molecule has 0 bridgehead atoms. The Bertz CT molecular complexity index is 724. The minimum absolute atomic E-state index is 0.133. The van der Waals surface area contributed by atoms with Crippen molar-refractivity contribution in [3.05, 3.63) is 42.1 Å². The maximum absolute atomic E-state index is 11.7. The van der Waals surface area contributed by atoms with Crippen LogP contribution in [0.1, 0.15) is 31.7 Å². The van der Waals surface area contributed by atoms with Crippen LogP contribution in [-0.2, 0) is 25.5 Å². The molecular formula is C18H19NO4. The lowest BCUT2D eigenvalue weighted by Gasteiger charge is -2.03. The third kappa shape index (κ3) is 4.98. The van der Waals surface area contributed by atoms with Crippen LogP contribution < -0.4 is 0 Å². The quantitative estimate of drug-likeness (QED) is 0.425. The Hall–Kier alpha value is -2.56. The van der Waals surface area contributed by atoms with Gasteiger partial charge in [-0.05, 0) is 37.5 Å². The van der Waals surface area contributed by atoms with E-state index in [2.05, 4.69) is 15.8 Å². The van der Waals surface area contributed by atoms with Gasteiger partial charge in [-0.25, -0.2) is 4.79 Å². The highest BCUT2D eigenvalue weighted by atomic mass is 16.5. The van der Waals surface area contributed by atoms with Crippen LogP contribution in [0, 0.1) is 0 Å². The van der Waals surface area contributed by atoms with Crippen LogP contribution in [-0.4, -0.2) is 29.1 Å². The zero-order valence-electron chi connectivity index (χ0n) is 13.1. The van der Waals surface area contributed by atoms with Crippen LogP contribution in [0.4, 0.5) is 0 Å². The molecule has 0 fully saturated rings. The number of aryl methyl sites for hydroxylation is 1. The van der Waals surface area contributed by atoms with Gasteiger partial charge in [-0.3, -0.25) is 14.6 Å². The SMILES string of the molecule is CCOC(=O)C(=O)CC(=O)CCCc1cnc2ccccc2c1. The lowest BCUT2D eigenvalue weighted by molar-refractivity contribution is -0.154. The van der Waals surface area contributed by atoms with Gasteiger partial charge in [-0.1, -0.05) is 18.2 Å². The topological polar surface area (TPSA) is 73.3 Å². The van der Waals surface area contributed by atoms with Crippen molar-refractivity contribution in [2.75, 3.05) is 6.61 Å². The molecule has 1 aromatic heterocycles. The number of ketones is 2. The summed E-state index contributed by atoms with van der Waals surface area (Å²) in [6, 6.07) is 9.89. The highest BCUT2D eigenvalue weighted by Crippen LogP contribution is 2.14. The summed E-state index contributed by atoms with van der Waals surface area (Å²) in [5.74, 6) is -1.94. The summed E-state index contributed by atoms with van der Waals surface area (Å²) in [6.45, 7) is 1.75. The van der Waals surface area contributed by atoms with Crippen molar-refractivity contribution >= 4 is 28.4 Å². The number of nitrogens with zero attached hydrogens (tertiary/aromatic N) is 1. The second kappa shape index (κ2) is 8.17. The van der Waals surface area contributed by atoms with Gasteiger partial charge in [-0.15, -0.1) is 0 Å². The first-order valence-corrected chi connectivity index (χ1v) is 7.65. The highest BCUT2D eigenvalue weighted by molar-refractivity contribution is 6.37. The van der Waals surface area contributed by atoms with Gasteiger partial charge in [-0.2, -0.15) is 0 Å². The lowest BCUT2D eigenvalue weighted by Crippen LogP contribution is -2.20. The number of hydrogen-bond donors (Lipinski definition) is 0. The molecule has 0 aliphatic rings. The van der Waals surface area contributed by atoms with Crippen molar-refractivity contribution in [2.24, 2.45) is 0 Å². The number of Topliss-reactive ketones (excluding diaryl/α,β-unsaturated/α-hetero) is 2. The van der Waals surface area contributed by atoms with Gasteiger partial charge in [0.15, 0.2) is 0 Å². The molecule has 0 saturated heterocycles. The molecule has 0 aliphatic carbocycles. The molecule has 1 heterocycles. The van der Waals surface area contributed by atoms with Crippen molar-refractivity contribution < 1.29 is 19.1 Å². The number of aromatic nitrogens is 1. The van der Waals surface area contributed by atoms with Gasteiger partial charge in [0.1, 0.15) is 5.78 Å². The summed E-state index contributed by atoms with van der Waals surface area (Å²) >= 11 is 0. The molecule has 1 aromatic carbocycles. The number of esters is 1. The van der Waals surface area contributed by atoms with E-state index >= 15 is 0 Å². The first-order valence-electron chi connectivity index (χ1n) is 7.65. The maximum Gasteiger partial charge on any atom is 0.375 e. The number of carbonyl (C=O) groups is 3. The van der Waals surface area contributed by atoms with Crippen LogP contribution in [0.3, 0.4) is 0 Å². The third-order valence-corrected chi connectivity index (χ3v) is 3.43. The Labute approximate surface area is 134 Å². The molecule has 23 heavy (non-hydrogen) atoms. The lowest BCUT2D eigenvalue weighted by atomic mass is 10.0. The summed E-state index contributed by atoms with van der Waals surface area (Å²) in [5, 5.41) is 1.06. The van der Waals surface area contributed by atoms with Crippen molar-refractivity contribution in [1.82, 2.24) is 4.98 Å². The van der Waals surface area contributed by atoms with Gasteiger partial charge in [0, 0.05) is 18.0 Å². The summed E-state index contributed by atoms with van der Waals surface area (Å²) < 4.78 is 4.57. The molecular weight excluding hydrogens is 294 g/mol. The minimum Gasteiger partial charge on any atom is -0.460 e. The third-order valence-electron chi connectivity index (χ3n) is 3.43. The molecule has 0 N–H and O–H groups in total. The largest absolute Gasteiger partial charge is 0.460 e. The Morgan fingerprint density at radius 2 is 1.96 bits per heavy atom. The van der Waals surface area contributed by atoms with E-state index in [9.17, 15) is 14.4 Å². The molecule has 5 heteroatoms. The molecule has 0 unspecified atom stereocenters.